The minimum absolute atomic E-state index is 0.131. The molecule has 0 unspecified atom stereocenters. The minimum Gasteiger partial charge on any atom is -0.338 e. The first-order valence-corrected chi connectivity index (χ1v) is 7.77. The lowest BCUT2D eigenvalue weighted by atomic mass is 10.1. The number of carbonyl (C=O) groups is 2. The zero-order valence-corrected chi connectivity index (χ0v) is 13.3. The van der Waals surface area contributed by atoms with E-state index in [0.717, 1.165) is 36.3 Å². The lowest BCUT2D eigenvalue weighted by Gasteiger charge is -2.15. The Morgan fingerprint density at radius 1 is 1.35 bits per heavy atom. The third kappa shape index (κ3) is 2.97. The second kappa shape index (κ2) is 6.24. The van der Waals surface area contributed by atoms with Crippen LogP contribution in [0.1, 0.15) is 41.4 Å². The maximum absolute atomic E-state index is 12.3. The maximum atomic E-state index is 12.3. The van der Waals surface area contributed by atoms with Crippen molar-refractivity contribution in [1.82, 2.24) is 5.16 Å². The highest BCUT2D eigenvalue weighted by molar-refractivity contribution is 6.04. The van der Waals surface area contributed by atoms with Crippen LogP contribution in [0.3, 0.4) is 0 Å². The molecule has 1 saturated heterocycles. The second-order valence-corrected chi connectivity index (χ2v) is 5.58. The van der Waals surface area contributed by atoms with Crippen LogP contribution in [0.2, 0.25) is 0 Å². The van der Waals surface area contributed by atoms with Gasteiger partial charge in [0.15, 0.2) is 0 Å². The van der Waals surface area contributed by atoms with Gasteiger partial charge in [-0.25, -0.2) is 0 Å². The van der Waals surface area contributed by atoms with Crippen molar-refractivity contribution in [2.45, 2.75) is 33.1 Å². The molecule has 0 radical (unpaired) electrons. The summed E-state index contributed by atoms with van der Waals surface area (Å²) in [5.74, 6) is 0.274. The van der Waals surface area contributed by atoms with Crippen molar-refractivity contribution in [2.75, 3.05) is 16.8 Å². The van der Waals surface area contributed by atoms with Crippen LogP contribution in [0.15, 0.2) is 28.8 Å². The average Bonchev–Trinajstić information content (AvgIpc) is 3.13. The van der Waals surface area contributed by atoms with Crippen molar-refractivity contribution in [3.05, 3.63) is 41.1 Å². The molecule has 0 aliphatic carbocycles. The third-order valence-corrected chi connectivity index (χ3v) is 4.08. The molecule has 2 aromatic rings. The Bertz CT molecular complexity index is 734. The molecule has 0 atom stereocenters. The van der Waals surface area contributed by atoms with E-state index in [0.29, 0.717) is 17.9 Å². The Labute approximate surface area is 134 Å². The molecule has 1 fully saturated rings. The van der Waals surface area contributed by atoms with Crippen LogP contribution in [0.25, 0.3) is 0 Å². The normalized spacial score (nSPS) is 14.3. The molecule has 6 heteroatoms. The molecular formula is C17H19N3O3. The van der Waals surface area contributed by atoms with Crippen LogP contribution in [-0.4, -0.2) is 23.5 Å². The van der Waals surface area contributed by atoms with Gasteiger partial charge in [-0.15, -0.1) is 0 Å². The van der Waals surface area contributed by atoms with E-state index in [-0.39, 0.29) is 11.8 Å². The van der Waals surface area contributed by atoms with E-state index in [9.17, 15) is 9.59 Å². The van der Waals surface area contributed by atoms with Crippen LogP contribution < -0.4 is 10.2 Å². The fraction of sp³-hybridized carbons (Fsp3) is 0.353. The quantitative estimate of drug-likeness (QED) is 0.941. The van der Waals surface area contributed by atoms with E-state index in [4.69, 9.17) is 4.52 Å². The Balaban J connectivity index is 1.74. The summed E-state index contributed by atoms with van der Waals surface area (Å²) in [6.07, 6.45) is 2.21. The number of aromatic nitrogens is 1. The molecule has 2 amide bonds. The van der Waals surface area contributed by atoms with Gasteiger partial charge in [0.2, 0.25) is 11.8 Å². The smallest absolute Gasteiger partial charge is 0.258 e. The van der Waals surface area contributed by atoms with Gasteiger partial charge in [0.05, 0.1) is 5.69 Å². The van der Waals surface area contributed by atoms with Gasteiger partial charge in [-0.1, -0.05) is 12.1 Å². The summed E-state index contributed by atoms with van der Waals surface area (Å²) < 4.78 is 5.16. The van der Waals surface area contributed by atoms with Crippen molar-refractivity contribution >= 4 is 23.4 Å². The highest BCUT2D eigenvalue weighted by Gasteiger charge is 2.22. The molecule has 6 nitrogen and oxygen atoms in total. The molecule has 0 bridgehead atoms. The van der Waals surface area contributed by atoms with Crippen molar-refractivity contribution in [1.29, 1.82) is 0 Å². The van der Waals surface area contributed by atoms with Crippen LogP contribution >= 0.6 is 0 Å². The van der Waals surface area contributed by atoms with Crippen molar-refractivity contribution in [3.63, 3.8) is 0 Å². The summed E-state index contributed by atoms with van der Waals surface area (Å²) in [6.45, 7) is 4.57. The SMILES string of the molecule is CCc1c(C)noc1NC(=O)c1ccc(N2CCCC2=O)cc1. The molecule has 23 heavy (non-hydrogen) atoms. The number of hydrogen-bond donors (Lipinski definition) is 1. The largest absolute Gasteiger partial charge is 0.338 e. The van der Waals surface area contributed by atoms with Gasteiger partial charge in [-0.2, -0.15) is 0 Å². The lowest BCUT2D eigenvalue weighted by molar-refractivity contribution is -0.117. The number of aryl methyl sites for hydroxylation is 1. The lowest BCUT2D eigenvalue weighted by Crippen LogP contribution is -2.23. The molecule has 1 aromatic carbocycles. The number of anilines is 2. The summed E-state index contributed by atoms with van der Waals surface area (Å²) in [7, 11) is 0. The Hall–Kier alpha value is -2.63. The van der Waals surface area contributed by atoms with Gasteiger partial charge in [0.1, 0.15) is 0 Å². The summed E-state index contributed by atoms with van der Waals surface area (Å²) in [6, 6.07) is 7.02. The average molecular weight is 313 g/mol. The number of amides is 2. The topological polar surface area (TPSA) is 75.4 Å². The number of nitrogens with zero attached hydrogens (tertiary/aromatic N) is 2. The van der Waals surface area contributed by atoms with E-state index in [2.05, 4.69) is 10.5 Å². The Kier molecular flexibility index (Phi) is 4.14. The molecule has 1 aromatic heterocycles. The third-order valence-electron chi connectivity index (χ3n) is 4.08. The van der Waals surface area contributed by atoms with Crippen LogP contribution in [-0.2, 0) is 11.2 Å². The molecular weight excluding hydrogens is 294 g/mol. The van der Waals surface area contributed by atoms with Gasteiger partial charge >= 0.3 is 0 Å². The Morgan fingerprint density at radius 3 is 2.70 bits per heavy atom. The molecule has 3 rings (SSSR count). The predicted molar refractivity (Wildman–Crippen MR) is 86.6 cm³/mol. The summed E-state index contributed by atoms with van der Waals surface area (Å²) >= 11 is 0. The Morgan fingerprint density at radius 2 is 2.09 bits per heavy atom. The van der Waals surface area contributed by atoms with Gasteiger partial charge in [-0.3, -0.25) is 14.9 Å². The zero-order chi connectivity index (χ0) is 16.4. The van der Waals surface area contributed by atoms with E-state index >= 15 is 0 Å². The van der Waals surface area contributed by atoms with Crippen LogP contribution in [0.4, 0.5) is 11.6 Å². The van der Waals surface area contributed by atoms with Gasteiger partial charge in [-0.05, 0) is 44.0 Å². The van der Waals surface area contributed by atoms with Gasteiger partial charge in [0, 0.05) is 29.8 Å². The monoisotopic (exact) mass is 313 g/mol. The van der Waals surface area contributed by atoms with Crippen molar-refractivity contribution in [2.24, 2.45) is 0 Å². The molecule has 120 valence electrons. The molecule has 2 heterocycles. The first-order chi connectivity index (χ1) is 11.1. The molecule has 1 aliphatic rings. The molecule has 0 saturated carbocycles. The minimum atomic E-state index is -0.254. The van der Waals surface area contributed by atoms with Gasteiger partial charge < -0.3 is 9.42 Å². The highest BCUT2D eigenvalue weighted by atomic mass is 16.5. The molecule has 1 aliphatic heterocycles. The van der Waals surface area contributed by atoms with E-state index in [1.165, 1.54) is 0 Å². The zero-order valence-electron chi connectivity index (χ0n) is 13.3. The highest BCUT2D eigenvalue weighted by Crippen LogP contribution is 2.23. The molecule has 0 spiro atoms. The number of rotatable bonds is 4. The first kappa shape index (κ1) is 15.3. The fourth-order valence-electron chi connectivity index (χ4n) is 2.79. The number of hydrogen-bond acceptors (Lipinski definition) is 4. The fourth-order valence-corrected chi connectivity index (χ4v) is 2.79. The van der Waals surface area contributed by atoms with Crippen LogP contribution in [0, 0.1) is 6.92 Å². The number of nitrogens with one attached hydrogen (secondary N) is 1. The predicted octanol–water partition coefficient (Wildman–Crippen LogP) is 2.92. The summed E-state index contributed by atoms with van der Waals surface area (Å²) in [4.78, 5) is 25.8. The number of benzene rings is 1. The van der Waals surface area contributed by atoms with E-state index in [1.54, 1.807) is 29.2 Å². The number of carbonyl (C=O) groups excluding carboxylic acids is 2. The summed E-state index contributed by atoms with van der Waals surface area (Å²) in [5.41, 5.74) is 3.02. The maximum Gasteiger partial charge on any atom is 0.258 e. The first-order valence-electron chi connectivity index (χ1n) is 7.77. The molecule has 1 N–H and O–H groups in total. The van der Waals surface area contributed by atoms with Gasteiger partial charge in [0.25, 0.3) is 5.91 Å². The standard InChI is InChI=1S/C17H19N3O3/c1-3-14-11(2)19-23-17(14)18-16(22)12-6-8-13(9-7-12)20-10-4-5-15(20)21/h6-9H,3-5,10H2,1-2H3,(H,18,22). The van der Waals surface area contributed by atoms with Crippen molar-refractivity contribution < 1.29 is 14.1 Å². The summed E-state index contributed by atoms with van der Waals surface area (Å²) in [5, 5.41) is 6.62. The van der Waals surface area contributed by atoms with E-state index in [1.807, 2.05) is 13.8 Å². The second-order valence-electron chi connectivity index (χ2n) is 5.58. The van der Waals surface area contributed by atoms with E-state index < -0.39 is 0 Å². The van der Waals surface area contributed by atoms with Crippen molar-refractivity contribution in [3.8, 4) is 0 Å². The van der Waals surface area contributed by atoms with Crippen LogP contribution in [0.5, 0.6) is 0 Å².